The van der Waals surface area contributed by atoms with E-state index < -0.39 is 33.1 Å². The molecule has 0 aliphatic carbocycles. The van der Waals surface area contributed by atoms with Gasteiger partial charge in [0, 0.05) is 21.9 Å². The molecule has 2 rings (SSSR count). The minimum absolute atomic E-state index is 0.181. The molecule has 5 nitrogen and oxygen atoms in total. The summed E-state index contributed by atoms with van der Waals surface area (Å²) in [6.07, 6.45) is 0.947. The van der Waals surface area contributed by atoms with E-state index in [1.165, 1.54) is 30.3 Å². The zero-order chi connectivity index (χ0) is 18.8. The number of ketones is 1. The molecule has 8 heteroatoms. The van der Waals surface area contributed by atoms with Crippen molar-refractivity contribution in [3.63, 3.8) is 0 Å². The molecule has 0 aromatic heterocycles. The van der Waals surface area contributed by atoms with Crippen LogP contribution in [0.3, 0.4) is 0 Å². The highest BCUT2D eigenvalue weighted by molar-refractivity contribution is 9.10. The fraction of sp³-hybridized carbons (Fsp3) is 0.176. The summed E-state index contributed by atoms with van der Waals surface area (Å²) in [7, 11) is -3.50. The molecular formula is C17H15BrFNO4S. The first kappa shape index (κ1) is 19.3. The third-order valence-electron chi connectivity index (χ3n) is 3.32. The lowest BCUT2D eigenvalue weighted by Crippen LogP contribution is -2.23. The van der Waals surface area contributed by atoms with Crippen molar-refractivity contribution < 1.29 is 22.4 Å². The van der Waals surface area contributed by atoms with Crippen LogP contribution in [-0.2, 0) is 14.6 Å². The molecule has 0 unspecified atom stereocenters. The highest BCUT2D eigenvalue weighted by Crippen LogP contribution is 2.27. The minimum Gasteiger partial charge on any atom is -0.324 e. The summed E-state index contributed by atoms with van der Waals surface area (Å²) in [5, 5.41) is 2.45. The number of anilines is 1. The van der Waals surface area contributed by atoms with Gasteiger partial charge in [-0.3, -0.25) is 9.59 Å². The average Bonchev–Trinajstić information content (AvgIpc) is 2.49. The largest absolute Gasteiger partial charge is 0.324 e. The Kier molecular flexibility index (Phi) is 5.74. The van der Waals surface area contributed by atoms with Crippen molar-refractivity contribution in [2.75, 3.05) is 17.3 Å². The van der Waals surface area contributed by atoms with E-state index in [0.717, 1.165) is 11.8 Å². The zero-order valence-electron chi connectivity index (χ0n) is 13.5. The fourth-order valence-corrected chi connectivity index (χ4v) is 3.05. The fourth-order valence-electron chi connectivity index (χ4n) is 2.15. The normalized spacial score (nSPS) is 11.2. The maximum atomic E-state index is 13.0. The third-order valence-corrected chi connectivity index (χ3v) is 4.96. The molecule has 0 saturated carbocycles. The second-order valence-corrected chi connectivity index (χ2v) is 8.60. The Morgan fingerprint density at radius 1 is 1.16 bits per heavy atom. The van der Waals surface area contributed by atoms with Crippen LogP contribution in [0.1, 0.15) is 21.5 Å². The summed E-state index contributed by atoms with van der Waals surface area (Å²) in [5.41, 5.74) is 1.38. The summed E-state index contributed by atoms with van der Waals surface area (Å²) < 4.78 is 36.2. The maximum absolute atomic E-state index is 13.0. The van der Waals surface area contributed by atoms with Crippen molar-refractivity contribution in [1.82, 2.24) is 0 Å². The van der Waals surface area contributed by atoms with Crippen LogP contribution in [0, 0.1) is 12.7 Å². The van der Waals surface area contributed by atoms with Crippen LogP contribution < -0.4 is 5.32 Å². The van der Waals surface area contributed by atoms with Gasteiger partial charge in [0.1, 0.15) is 11.6 Å². The Balaban J connectivity index is 2.43. The van der Waals surface area contributed by atoms with Gasteiger partial charge >= 0.3 is 0 Å². The Hall–Kier alpha value is -2.06. The van der Waals surface area contributed by atoms with Crippen LogP contribution in [0.15, 0.2) is 40.9 Å². The molecule has 25 heavy (non-hydrogen) atoms. The van der Waals surface area contributed by atoms with E-state index >= 15 is 0 Å². The first-order chi connectivity index (χ1) is 11.6. The highest BCUT2D eigenvalue weighted by Gasteiger charge is 2.19. The molecule has 0 heterocycles. The number of sulfone groups is 1. The number of benzene rings is 2. The molecule has 0 fully saturated rings. The van der Waals surface area contributed by atoms with Gasteiger partial charge < -0.3 is 5.32 Å². The number of halogens is 2. The Bertz CT molecular complexity index is 940. The van der Waals surface area contributed by atoms with Crippen molar-refractivity contribution in [2.24, 2.45) is 0 Å². The first-order valence-electron chi connectivity index (χ1n) is 7.15. The number of hydrogen-bond donors (Lipinski definition) is 1. The molecule has 0 bridgehead atoms. The summed E-state index contributed by atoms with van der Waals surface area (Å²) >= 11 is 3.32. The van der Waals surface area contributed by atoms with Crippen molar-refractivity contribution in [3.8, 4) is 0 Å². The third kappa shape index (κ3) is 5.20. The number of aryl methyl sites for hydroxylation is 1. The van der Waals surface area contributed by atoms with Gasteiger partial charge in [0.2, 0.25) is 5.91 Å². The lowest BCUT2D eigenvalue weighted by molar-refractivity contribution is -0.113. The van der Waals surface area contributed by atoms with Gasteiger partial charge in [-0.2, -0.15) is 0 Å². The molecule has 1 N–H and O–H groups in total. The van der Waals surface area contributed by atoms with E-state index in [1.807, 2.05) is 0 Å². The number of hydrogen-bond acceptors (Lipinski definition) is 4. The molecule has 0 aliphatic heterocycles. The zero-order valence-corrected chi connectivity index (χ0v) is 15.9. The van der Waals surface area contributed by atoms with Crippen LogP contribution in [-0.4, -0.2) is 32.1 Å². The van der Waals surface area contributed by atoms with Crippen LogP contribution in [0.4, 0.5) is 10.1 Å². The average molecular weight is 428 g/mol. The summed E-state index contributed by atoms with van der Waals surface area (Å²) in [4.78, 5) is 24.6. The highest BCUT2D eigenvalue weighted by atomic mass is 79.9. The van der Waals surface area contributed by atoms with Gasteiger partial charge in [0.05, 0.1) is 5.69 Å². The monoisotopic (exact) mass is 427 g/mol. The topological polar surface area (TPSA) is 80.3 Å². The lowest BCUT2D eigenvalue weighted by Gasteiger charge is -2.13. The molecule has 0 radical (unpaired) electrons. The second-order valence-electron chi connectivity index (χ2n) is 5.60. The molecule has 2 aromatic carbocycles. The summed E-state index contributed by atoms with van der Waals surface area (Å²) in [5.74, 6) is -2.32. The van der Waals surface area contributed by atoms with Crippen LogP contribution in [0.2, 0.25) is 0 Å². The molecule has 0 aliphatic rings. The predicted molar refractivity (Wildman–Crippen MR) is 97.1 cm³/mol. The predicted octanol–water partition coefficient (Wildman–Crippen LogP) is 3.11. The Morgan fingerprint density at radius 2 is 1.76 bits per heavy atom. The second kappa shape index (κ2) is 7.45. The van der Waals surface area contributed by atoms with Gasteiger partial charge in [-0.15, -0.1) is 0 Å². The van der Waals surface area contributed by atoms with E-state index in [-0.39, 0.29) is 16.8 Å². The van der Waals surface area contributed by atoms with Gasteiger partial charge in [-0.05, 0) is 48.9 Å². The molecule has 132 valence electrons. The summed E-state index contributed by atoms with van der Waals surface area (Å²) in [6.45, 7) is 1.77. The number of carbonyl (C=O) groups excluding carboxylic acids is 2. The van der Waals surface area contributed by atoms with Gasteiger partial charge in [0.25, 0.3) is 0 Å². The Morgan fingerprint density at radius 3 is 2.32 bits per heavy atom. The number of rotatable bonds is 5. The van der Waals surface area contributed by atoms with Crippen molar-refractivity contribution >= 4 is 43.1 Å². The van der Waals surface area contributed by atoms with Crippen molar-refractivity contribution in [2.45, 2.75) is 6.92 Å². The van der Waals surface area contributed by atoms with E-state index in [2.05, 4.69) is 21.2 Å². The molecule has 1 amide bonds. The van der Waals surface area contributed by atoms with E-state index in [4.69, 9.17) is 0 Å². The smallest absolute Gasteiger partial charge is 0.239 e. The molecular weight excluding hydrogens is 413 g/mol. The van der Waals surface area contributed by atoms with E-state index in [1.54, 1.807) is 13.0 Å². The molecule has 2 aromatic rings. The first-order valence-corrected chi connectivity index (χ1v) is 10.00. The number of carbonyl (C=O) groups is 2. The SMILES string of the molecule is Cc1cc(C(=O)c2ccc(F)cc2)c(NC(=O)CS(C)(=O)=O)cc1Br. The number of nitrogens with one attached hydrogen (secondary N) is 1. The molecule has 0 saturated heterocycles. The molecule has 0 spiro atoms. The van der Waals surface area contributed by atoms with E-state index in [0.29, 0.717) is 4.47 Å². The minimum atomic E-state index is -3.50. The molecule has 0 atom stereocenters. The van der Waals surface area contributed by atoms with Crippen molar-refractivity contribution in [3.05, 3.63) is 63.4 Å². The van der Waals surface area contributed by atoms with E-state index in [9.17, 15) is 22.4 Å². The maximum Gasteiger partial charge on any atom is 0.239 e. The standard InChI is InChI=1S/C17H15BrFNO4S/c1-10-7-13(17(22)11-3-5-12(19)6-4-11)15(8-14(10)18)20-16(21)9-25(2,23)24/h3-8H,9H2,1-2H3,(H,20,21). The van der Waals surface area contributed by atoms with Crippen LogP contribution in [0.25, 0.3) is 0 Å². The van der Waals surface area contributed by atoms with Crippen LogP contribution >= 0.6 is 15.9 Å². The van der Waals surface area contributed by atoms with Gasteiger partial charge in [0.15, 0.2) is 15.6 Å². The lowest BCUT2D eigenvalue weighted by atomic mass is 9.99. The van der Waals surface area contributed by atoms with Crippen molar-refractivity contribution in [1.29, 1.82) is 0 Å². The summed E-state index contributed by atoms with van der Waals surface area (Å²) in [6, 6.07) is 8.13. The number of amides is 1. The Labute approximate surface area is 153 Å². The van der Waals surface area contributed by atoms with Gasteiger partial charge in [-0.25, -0.2) is 12.8 Å². The van der Waals surface area contributed by atoms with Gasteiger partial charge in [-0.1, -0.05) is 15.9 Å². The van der Waals surface area contributed by atoms with Crippen LogP contribution in [0.5, 0.6) is 0 Å². The quantitative estimate of drug-likeness (QED) is 0.743.